The third kappa shape index (κ3) is 1.85. The molecule has 0 unspecified atom stereocenters. The number of hydrogen-bond acceptors (Lipinski definition) is 9. The smallest absolute Gasteiger partial charge is 0.222 e. The van der Waals surface area contributed by atoms with Crippen molar-refractivity contribution >= 4 is 43.7 Å². The van der Waals surface area contributed by atoms with Crippen molar-refractivity contribution in [3.05, 3.63) is 6.33 Å². The van der Waals surface area contributed by atoms with Gasteiger partial charge in [-0.2, -0.15) is 4.98 Å². The van der Waals surface area contributed by atoms with E-state index >= 15 is 0 Å². The lowest BCUT2D eigenvalue weighted by molar-refractivity contribution is -0.0430. The maximum Gasteiger partial charge on any atom is 0.222 e. The summed E-state index contributed by atoms with van der Waals surface area (Å²) in [4.78, 5) is 13.3. The van der Waals surface area contributed by atoms with Crippen LogP contribution in [-0.4, -0.2) is 48.5 Å². The van der Waals surface area contributed by atoms with Crippen LogP contribution in [0.15, 0.2) is 6.33 Å². The lowest BCUT2D eigenvalue weighted by Crippen LogP contribution is -2.24. The number of aliphatic hydroxyl groups excluding tert-OH is 2. The quantitative estimate of drug-likeness (QED) is 0.509. The summed E-state index contributed by atoms with van der Waals surface area (Å²) in [7, 11) is 0. The van der Waals surface area contributed by atoms with Crippen LogP contribution in [0.3, 0.4) is 0 Å². The van der Waals surface area contributed by atoms with Gasteiger partial charge in [-0.1, -0.05) is 0 Å². The molecule has 4 heterocycles. The molecule has 1 saturated heterocycles. The number of aromatic nitrogens is 4. The van der Waals surface area contributed by atoms with Crippen LogP contribution in [0.2, 0.25) is 0 Å². The first kappa shape index (κ1) is 13.6. The molecule has 116 valence electrons. The Morgan fingerprint density at radius 3 is 2.95 bits per heavy atom. The van der Waals surface area contributed by atoms with Crippen molar-refractivity contribution < 1.29 is 14.9 Å². The molecule has 9 nitrogen and oxygen atoms in total. The molecule has 3 aromatic heterocycles. The van der Waals surface area contributed by atoms with E-state index in [2.05, 4.69) is 15.0 Å². The lowest BCUT2D eigenvalue weighted by atomic mass is 10.2. The normalized spacial score (nSPS) is 25.5. The molecule has 22 heavy (non-hydrogen) atoms. The van der Waals surface area contributed by atoms with Crippen LogP contribution in [0.1, 0.15) is 12.6 Å². The SMILES string of the molecule is Nc1nc(N)c2sc3ncn([C@H]4C[C@H](O)[C@@H](CO)O4)c3c2n1. The number of anilines is 2. The van der Waals surface area contributed by atoms with Gasteiger partial charge in [-0.05, 0) is 0 Å². The molecule has 0 aromatic carbocycles. The molecule has 10 heteroatoms. The summed E-state index contributed by atoms with van der Waals surface area (Å²) >= 11 is 1.38. The molecule has 3 atom stereocenters. The van der Waals surface area contributed by atoms with Crippen LogP contribution >= 0.6 is 11.3 Å². The zero-order valence-corrected chi connectivity index (χ0v) is 12.2. The summed E-state index contributed by atoms with van der Waals surface area (Å²) in [6, 6.07) is 0. The molecule has 0 saturated carbocycles. The Labute approximate surface area is 128 Å². The van der Waals surface area contributed by atoms with Gasteiger partial charge in [-0.15, -0.1) is 11.3 Å². The van der Waals surface area contributed by atoms with E-state index < -0.39 is 18.4 Å². The molecule has 0 radical (unpaired) electrons. The van der Waals surface area contributed by atoms with Crippen molar-refractivity contribution in [2.24, 2.45) is 0 Å². The highest BCUT2D eigenvalue weighted by atomic mass is 32.1. The molecule has 0 aliphatic carbocycles. The van der Waals surface area contributed by atoms with E-state index in [1.54, 1.807) is 10.9 Å². The fourth-order valence-electron chi connectivity index (χ4n) is 2.75. The van der Waals surface area contributed by atoms with Crippen LogP contribution < -0.4 is 11.5 Å². The van der Waals surface area contributed by atoms with Gasteiger partial charge in [-0.25, -0.2) is 9.97 Å². The minimum atomic E-state index is -0.720. The number of ether oxygens (including phenoxy) is 1. The second-order valence-corrected chi connectivity index (χ2v) is 6.17. The van der Waals surface area contributed by atoms with Crippen molar-refractivity contribution in [2.45, 2.75) is 24.9 Å². The fourth-order valence-corrected chi connectivity index (χ4v) is 3.74. The molecule has 0 spiro atoms. The third-order valence-electron chi connectivity index (χ3n) is 3.79. The van der Waals surface area contributed by atoms with Gasteiger partial charge in [0.15, 0.2) is 0 Å². The number of fused-ring (bicyclic) bond motifs is 3. The van der Waals surface area contributed by atoms with E-state index in [1.807, 2.05) is 0 Å². The van der Waals surface area contributed by atoms with Gasteiger partial charge in [0.25, 0.3) is 0 Å². The molecular weight excluding hydrogens is 308 g/mol. The van der Waals surface area contributed by atoms with Gasteiger partial charge in [0.05, 0.1) is 23.7 Å². The first-order valence-electron chi connectivity index (χ1n) is 6.71. The highest BCUT2D eigenvalue weighted by Gasteiger charge is 2.35. The van der Waals surface area contributed by atoms with Crippen molar-refractivity contribution in [3.63, 3.8) is 0 Å². The minimum absolute atomic E-state index is 0.0954. The Balaban J connectivity index is 1.89. The Bertz CT molecular complexity index is 861. The zero-order valence-electron chi connectivity index (χ0n) is 11.4. The number of nitrogens with two attached hydrogens (primary N) is 2. The largest absolute Gasteiger partial charge is 0.394 e. The summed E-state index contributed by atoms with van der Waals surface area (Å²) in [6.45, 7) is -0.234. The molecule has 1 fully saturated rings. The number of rotatable bonds is 2. The summed E-state index contributed by atoms with van der Waals surface area (Å²) in [5.74, 6) is 0.413. The zero-order chi connectivity index (χ0) is 15.4. The molecular formula is C12H14N6O3S. The summed E-state index contributed by atoms with van der Waals surface area (Å²) in [5, 5.41) is 19.1. The van der Waals surface area contributed by atoms with Gasteiger partial charge in [-0.3, -0.25) is 0 Å². The minimum Gasteiger partial charge on any atom is -0.394 e. The third-order valence-corrected chi connectivity index (χ3v) is 4.89. The number of thiophene rings is 1. The molecule has 1 aliphatic heterocycles. The van der Waals surface area contributed by atoms with Crippen LogP contribution in [0.5, 0.6) is 0 Å². The van der Waals surface area contributed by atoms with E-state index in [0.29, 0.717) is 17.8 Å². The van der Waals surface area contributed by atoms with Gasteiger partial charge in [0.2, 0.25) is 5.95 Å². The first-order chi connectivity index (χ1) is 10.6. The number of imidazole rings is 1. The monoisotopic (exact) mass is 322 g/mol. The Morgan fingerprint density at radius 2 is 2.23 bits per heavy atom. The standard InChI is InChI=1S/C12H14N6O3S/c13-10-9-7(16-12(14)17-10)8-11(22-9)15-3-18(8)6-1-4(20)5(2-19)21-6/h3-6,19-20H,1-2H2,(H4,13,14,16,17)/t4-,5+,6+/m0/s1. The van der Waals surface area contributed by atoms with Crippen LogP contribution in [0, 0.1) is 0 Å². The molecule has 3 aromatic rings. The molecule has 0 amide bonds. The Morgan fingerprint density at radius 1 is 1.41 bits per heavy atom. The first-order valence-corrected chi connectivity index (χ1v) is 7.52. The maximum atomic E-state index is 9.90. The average molecular weight is 322 g/mol. The van der Waals surface area contributed by atoms with E-state index in [1.165, 1.54) is 11.3 Å². The Kier molecular flexibility index (Phi) is 2.94. The predicted octanol–water partition coefficient (Wildman–Crippen LogP) is -0.154. The maximum absolute atomic E-state index is 9.90. The van der Waals surface area contributed by atoms with Crippen molar-refractivity contribution in [3.8, 4) is 0 Å². The number of aliphatic hydroxyl groups is 2. The highest BCUT2D eigenvalue weighted by molar-refractivity contribution is 7.25. The van der Waals surface area contributed by atoms with Gasteiger partial charge in [0.1, 0.15) is 34.0 Å². The fraction of sp³-hybridized carbons (Fsp3) is 0.417. The molecule has 6 N–H and O–H groups in total. The average Bonchev–Trinajstić information content (AvgIpc) is 3.12. The molecule has 0 bridgehead atoms. The van der Waals surface area contributed by atoms with E-state index in [9.17, 15) is 10.2 Å². The number of nitrogen functional groups attached to an aromatic ring is 2. The molecule has 1 aliphatic rings. The van der Waals surface area contributed by atoms with Crippen molar-refractivity contribution in [2.75, 3.05) is 18.1 Å². The topological polar surface area (TPSA) is 145 Å². The second kappa shape index (κ2) is 4.74. The predicted molar refractivity (Wildman–Crippen MR) is 81.2 cm³/mol. The second-order valence-electron chi connectivity index (χ2n) is 5.17. The van der Waals surface area contributed by atoms with Gasteiger partial charge >= 0.3 is 0 Å². The Hall–Kier alpha value is -2.01. The summed E-state index contributed by atoms with van der Waals surface area (Å²) in [5.41, 5.74) is 12.9. The van der Waals surface area contributed by atoms with Gasteiger partial charge < -0.3 is 31.0 Å². The summed E-state index contributed by atoms with van der Waals surface area (Å²) in [6.07, 6.45) is 0.252. The van der Waals surface area contributed by atoms with E-state index in [0.717, 1.165) is 15.0 Å². The van der Waals surface area contributed by atoms with Crippen molar-refractivity contribution in [1.82, 2.24) is 19.5 Å². The summed E-state index contributed by atoms with van der Waals surface area (Å²) < 4.78 is 8.19. The molecule has 4 rings (SSSR count). The van der Waals surface area contributed by atoms with Gasteiger partial charge in [0, 0.05) is 6.42 Å². The number of nitrogens with zero attached hydrogens (tertiary/aromatic N) is 4. The number of hydrogen-bond donors (Lipinski definition) is 4. The van der Waals surface area contributed by atoms with E-state index in [-0.39, 0.29) is 12.6 Å². The van der Waals surface area contributed by atoms with E-state index in [4.69, 9.17) is 16.2 Å². The lowest BCUT2D eigenvalue weighted by Gasteiger charge is -2.13. The van der Waals surface area contributed by atoms with Crippen LogP contribution in [0.4, 0.5) is 11.8 Å². The van der Waals surface area contributed by atoms with Crippen LogP contribution in [0.25, 0.3) is 20.6 Å². The highest BCUT2D eigenvalue weighted by Crippen LogP contribution is 2.38. The van der Waals surface area contributed by atoms with Crippen LogP contribution in [-0.2, 0) is 4.74 Å². The van der Waals surface area contributed by atoms with Crippen molar-refractivity contribution in [1.29, 1.82) is 0 Å².